The van der Waals surface area contributed by atoms with Crippen LogP contribution in [-0.4, -0.2) is 52.5 Å². The number of imide groups is 1. The molecule has 178 valence electrons. The maximum atomic E-state index is 12.8. The number of hydrogen-bond acceptors (Lipinski definition) is 6. The van der Waals surface area contributed by atoms with E-state index in [1.54, 1.807) is 18.3 Å². The minimum atomic E-state index is -0.570. The van der Waals surface area contributed by atoms with E-state index in [2.05, 4.69) is 10.3 Å². The molecular weight excluding hydrogens is 436 g/mol. The van der Waals surface area contributed by atoms with E-state index in [1.807, 2.05) is 30.3 Å². The van der Waals surface area contributed by atoms with E-state index >= 15 is 0 Å². The maximum Gasteiger partial charge on any atom is 0.325 e. The number of hydrogen-bond donors (Lipinski definition) is 2. The molecule has 0 bridgehead atoms. The summed E-state index contributed by atoms with van der Waals surface area (Å²) in [7, 11) is 0. The molecule has 1 atom stereocenters. The third-order valence-corrected chi connectivity index (χ3v) is 7.05. The van der Waals surface area contributed by atoms with Gasteiger partial charge in [0, 0.05) is 25.3 Å². The fourth-order valence-corrected chi connectivity index (χ4v) is 5.33. The zero-order valence-electron chi connectivity index (χ0n) is 18.8. The third-order valence-electron chi connectivity index (χ3n) is 7.05. The third kappa shape index (κ3) is 4.35. The zero-order chi connectivity index (χ0) is 23.7. The molecule has 9 heteroatoms. The van der Waals surface area contributed by atoms with Gasteiger partial charge in [0.25, 0.3) is 11.8 Å². The number of benzene rings is 1. The lowest BCUT2D eigenvalue weighted by Crippen LogP contribution is -2.60. The lowest BCUT2D eigenvalue weighted by molar-refractivity contribution is -0.141. The number of primary amides is 1. The summed E-state index contributed by atoms with van der Waals surface area (Å²) >= 11 is 0. The number of nitrogens with two attached hydrogens (primary N) is 1. The Morgan fingerprint density at radius 2 is 1.88 bits per heavy atom. The highest BCUT2D eigenvalue weighted by molar-refractivity contribution is 6.04. The van der Waals surface area contributed by atoms with Gasteiger partial charge in [0.1, 0.15) is 17.7 Å². The Bertz CT molecular complexity index is 1080. The molecular formula is C25H28N4O5. The highest BCUT2D eigenvalue weighted by atomic mass is 16.5. The van der Waals surface area contributed by atoms with E-state index in [-0.39, 0.29) is 40.9 Å². The van der Waals surface area contributed by atoms with Crippen LogP contribution in [0.5, 0.6) is 5.88 Å². The number of carbonyl (C=O) groups is 3. The Hall–Kier alpha value is -3.46. The van der Waals surface area contributed by atoms with Crippen molar-refractivity contribution in [2.45, 2.75) is 56.9 Å². The van der Waals surface area contributed by atoms with E-state index in [0.717, 1.165) is 31.2 Å². The summed E-state index contributed by atoms with van der Waals surface area (Å²) in [6, 6.07) is 12.1. The average Bonchev–Trinajstić information content (AvgIpc) is 3.06. The summed E-state index contributed by atoms with van der Waals surface area (Å²) in [4.78, 5) is 42.4. The van der Waals surface area contributed by atoms with Crippen molar-refractivity contribution >= 4 is 17.8 Å². The molecule has 4 amide bonds. The van der Waals surface area contributed by atoms with Crippen LogP contribution in [-0.2, 0) is 16.1 Å². The summed E-state index contributed by atoms with van der Waals surface area (Å²) in [5, 5.41) is 2.80. The van der Waals surface area contributed by atoms with Crippen LogP contribution >= 0.6 is 0 Å². The number of rotatable bonds is 9. The predicted octanol–water partition coefficient (Wildman–Crippen LogP) is 2.40. The maximum absolute atomic E-state index is 12.8. The minimum Gasteiger partial charge on any atom is -0.474 e. The number of amides is 4. The Labute approximate surface area is 197 Å². The van der Waals surface area contributed by atoms with E-state index < -0.39 is 11.9 Å². The van der Waals surface area contributed by atoms with Crippen LogP contribution in [0.2, 0.25) is 0 Å². The normalized spacial score (nSPS) is 27.8. The number of nitrogens with zero attached hydrogens (tertiary/aromatic N) is 2. The highest BCUT2D eigenvalue weighted by Crippen LogP contribution is 2.58. The van der Waals surface area contributed by atoms with Crippen molar-refractivity contribution < 1.29 is 23.9 Å². The van der Waals surface area contributed by atoms with E-state index in [9.17, 15) is 14.4 Å². The van der Waals surface area contributed by atoms with Crippen molar-refractivity contribution in [3.63, 3.8) is 0 Å². The van der Waals surface area contributed by atoms with Crippen LogP contribution in [0.15, 0.2) is 48.7 Å². The molecule has 3 N–H and O–H groups in total. The zero-order valence-corrected chi connectivity index (χ0v) is 18.8. The number of nitrogens with one attached hydrogen (secondary N) is 1. The summed E-state index contributed by atoms with van der Waals surface area (Å²) < 4.78 is 11.6. The molecule has 3 aliphatic rings. The van der Waals surface area contributed by atoms with Crippen LogP contribution in [0.1, 0.15) is 48.0 Å². The molecule has 2 aliphatic carbocycles. The van der Waals surface area contributed by atoms with Gasteiger partial charge in [-0.2, -0.15) is 0 Å². The second kappa shape index (κ2) is 9.06. The van der Waals surface area contributed by atoms with Crippen LogP contribution in [0.3, 0.4) is 0 Å². The first kappa shape index (κ1) is 22.3. The Morgan fingerprint density at radius 1 is 1.12 bits per heavy atom. The van der Waals surface area contributed by atoms with Gasteiger partial charge in [0.15, 0.2) is 0 Å². The molecule has 1 aliphatic heterocycles. The highest BCUT2D eigenvalue weighted by Gasteiger charge is 2.58. The van der Waals surface area contributed by atoms with Crippen molar-refractivity contribution in [3.05, 3.63) is 59.8 Å². The Kier molecular flexibility index (Phi) is 5.95. The number of aromatic nitrogens is 1. The standard InChI is InChI=1S/C25H28N4O5/c26-21(30)19-7-4-9-27-22(19)34-18-13-25(14-18)11-17(12-25)29-23(31)20(28-24(29)32)8-10-33-15-16-5-2-1-3-6-16/h1-7,9,17-18,20H,8,10-15H2,(H2,26,30)(H,28,32)/t17?,18?,20-,25?/m0/s1. The summed E-state index contributed by atoms with van der Waals surface area (Å²) in [6.07, 6.45) is 5.12. The molecule has 2 heterocycles. The van der Waals surface area contributed by atoms with Crippen LogP contribution in [0.4, 0.5) is 4.79 Å². The number of pyridine rings is 1. The van der Waals surface area contributed by atoms with Crippen LogP contribution in [0, 0.1) is 5.41 Å². The first-order valence-corrected chi connectivity index (χ1v) is 11.6. The lowest BCUT2D eigenvalue weighted by Gasteiger charge is -2.58. The molecule has 9 nitrogen and oxygen atoms in total. The largest absolute Gasteiger partial charge is 0.474 e. The monoisotopic (exact) mass is 464 g/mol. The fourth-order valence-electron chi connectivity index (χ4n) is 5.33. The summed E-state index contributed by atoms with van der Waals surface area (Å²) in [6.45, 7) is 0.876. The molecule has 1 aromatic heterocycles. The number of urea groups is 1. The SMILES string of the molecule is NC(=O)c1cccnc1OC1CC2(C1)CC(N1C(=O)N[C@@H](CCOCc3ccccc3)C1=O)C2. The van der Waals surface area contributed by atoms with E-state index in [0.29, 0.717) is 19.6 Å². The van der Waals surface area contributed by atoms with Gasteiger partial charge in [-0.3, -0.25) is 14.5 Å². The second-order valence-corrected chi connectivity index (χ2v) is 9.47. The fraction of sp³-hybridized carbons (Fsp3) is 0.440. The first-order valence-electron chi connectivity index (χ1n) is 11.6. The van der Waals surface area contributed by atoms with Gasteiger partial charge in [-0.05, 0) is 48.8 Å². The molecule has 2 aromatic rings. The molecule has 1 saturated heterocycles. The summed E-state index contributed by atoms with van der Waals surface area (Å²) in [5.74, 6) is -0.476. The average molecular weight is 465 g/mol. The smallest absolute Gasteiger partial charge is 0.325 e. The molecule has 2 saturated carbocycles. The number of ether oxygens (including phenoxy) is 2. The van der Waals surface area contributed by atoms with Crippen LogP contribution in [0.25, 0.3) is 0 Å². The van der Waals surface area contributed by atoms with Gasteiger partial charge in [0.2, 0.25) is 5.88 Å². The van der Waals surface area contributed by atoms with Gasteiger partial charge in [-0.25, -0.2) is 9.78 Å². The quantitative estimate of drug-likeness (QED) is 0.434. The molecule has 1 aromatic carbocycles. The van der Waals surface area contributed by atoms with Crippen molar-refractivity contribution in [1.29, 1.82) is 0 Å². The predicted molar refractivity (Wildman–Crippen MR) is 122 cm³/mol. The van der Waals surface area contributed by atoms with E-state index in [1.165, 1.54) is 4.90 Å². The van der Waals surface area contributed by atoms with Crippen molar-refractivity contribution in [1.82, 2.24) is 15.2 Å². The summed E-state index contributed by atoms with van der Waals surface area (Å²) in [5.41, 5.74) is 6.81. The minimum absolute atomic E-state index is 0.0495. The number of carbonyl (C=O) groups excluding carboxylic acids is 3. The second-order valence-electron chi connectivity index (χ2n) is 9.47. The van der Waals surface area contributed by atoms with Gasteiger partial charge < -0.3 is 20.5 Å². The van der Waals surface area contributed by atoms with Gasteiger partial charge >= 0.3 is 6.03 Å². The van der Waals surface area contributed by atoms with Gasteiger partial charge in [0.05, 0.1) is 6.61 Å². The molecule has 0 unspecified atom stereocenters. The van der Waals surface area contributed by atoms with Crippen molar-refractivity contribution in [3.8, 4) is 5.88 Å². The Balaban J connectivity index is 1.07. The molecule has 5 rings (SSSR count). The van der Waals surface area contributed by atoms with Crippen molar-refractivity contribution in [2.24, 2.45) is 11.1 Å². The van der Waals surface area contributed by atoms with E-state index in [4.69, 9.17) is 15.2 Å². The lowest BCUT2D eigenvalue weighted by atomic mass is 9.52. The molecule has 0 radical (unpaired) electrons. The first-order chi connectivity index (χ1) is 16.4. The van der Waals surface area contributed by atoms with Crippen LogP contribution < -0.4 is 15.8 Å². The Morgan fingerprint density at radius 3 is 2.62 bits per heavy atom. The molecule has 34 heavy (non-hydrogen) atoms. The van der Waals surface area contributed by atoms with Crippen molar-refractivity contribution in [2.75, 3.05) is 6.61 Å². The molecule has 1 spiro atoms. The van der Waals surface area contributed by atoms with Gasteiger partial charge in [-0.15, -0.1) is 0 Å². The van der Waals surface area contributed by atoms with Gasteiger partial charge in [-0.1, -0.05) is 30.3 Å². The topological polar surface area (TPSA) is 124 Å². The molecule has 3 fully saturated rings.